The van der Waals surface area contributed by atoms with Crippen LogP contribution in [0.3, 0.4) is 0 Å². The zero-order valence-corrected chi connectivity index (χ0v) is 16.6. The summed E-state index contributed by atoms with van der Waals surface area (Å²) in [5.74, 6) is 1.66. The Labute approximate surface area is 163 Å². The van der Waals surface area contributed by atoms with Crippen LogP contribution in [0.1, 0.15) is 35.7 Å². The first-order chi connectivity index (χ1) is 13.1. The van der Waals surface area contributed by atoms with Gasteiger partial charge in [-0.25, -0.2) is 0 Å². The molecule has 6 heteroatoms. The lowest BCUT2D eigenvalue weighted by Gasteiger charge is -2.16. The molecular weight excluding hydrogens is 358 g/mol. The van der Waals surface area contributed by atoms with E-state index in [0.717, 1.165) is 22.0 Å². The number of carbonyl (C=O) groups excluding carboxylic acids is 1. The molecule has 3 rings (SSSR count). The van der Waals surface area contributed by atoms with Crippen molar-refractivity contribution in [2.75, 3.05) is 13.1 Å². The molecule has 0 spiro atoms. The summed E-state index contributed by atoms with van der Waals surface area (Å²) in [4.78, 5) is 14.0. The third-order valence-electron chi connectivity index (χ3n) is 4.27. The van der Waals surface area contributed by atoms with E-state index >= 15 is 0 Å². The fraction of sp³-hybridized carbons (Fsp3) is 0.286. The Morgan fingerprint density at radius 1 is 1.00 bits per heavy atom. The van der Waals surface area contributed by atoms with Crippen LogP contribution in [-0.2, 0) is 5.75 Å². The maximum Gasteiger partial charge on any atom is 0.289 e. The molecule has 0 N–H and O–H groups in total. The van der Waals surface area contributed by atoms with Crippen LogP contribution in [0.5, 0.6) is 0 Å². The van der Waals surface area contributed by atoms with Crippen LogP contribution in [0.25, 0.3) is 11.3 Å². The molecule has 1 aromatic carbocycles. The molecular formula is C21H23N3O2S. The summed E-state index contributed by atoms with van der Waals surface area (Å²) in [6.07, 6.45) is 0. The van der Waals surface area contributed by atoms with E-state index in [1.165, 1.54) is 17.3 Å². The molecule has 2 heterocycles. The highest BCUT2D eigenvalue weighted by Crippen LogP contribution is 2.24. The summed E-state index contributed by atoms with van der Waals surface area (Å²) in [5, 5.41) is 9.41. The second kappa shape index (κ2) is 8.86. The van der Waals surface area contributed by atoms with Crippen LogP contribution >= 0.6 is 11.8 Å². The van der Waals surface area contributed by atoms with Crippen molar-refractivity contribution in [3.8, 4) is 11.3 Å². The molecule has 0 saturated heterocycles. The Morgan fingerprint density at radius 2 is 1.74 bits per heavy atom. The molecule has 2 aromatic heterocycles. The molecule has 5 nitrogen and oxygen atoms in total. The van der Waals surface area contributed by atoms with E-state index in [2.05, 4.69) is 29.3 Å². The van der Waals surface area contributed by atoms with E-state index in [4.69, 9.17) is 4.42 Å². The summed E-state index contributed by atoms with van der Waals surface area (Å²) in [7, 11) is 0. The third-order valence-corrected chi connectivity index (χ3v) is 5.22. The second-order valence-corrected chi connectivity index (χ2v) is 7.15. The predicted octanol–water partition coefficient (Wildman–Crippen LogP) is 4.82. The van der Waals surface area contributed by atoms with Crippen LogP contribution < -0.4 is 0 Å². The Morgan fingerprint density at radius 3 is 2.37 bits per heavy atom. The molecule has 0 saturated carbocycles. The van der Waals surface area contributed by atoms with Gasteiger partial charge in [-0.15, -0.1) is 10.2 Å². The first-order valence-electron chi connectivity index (χ1n) is 9.02. The van der Waals surface area contributed by atoms with Crippen LogP contribution in [0.4, 0.5) is 0 Å². The van der Waals surface area contributed by atoms with Gasteiger partial charge in [0.15, 0.2) is 5.76 Å². The van der Waals surface area contributed by atoms with Crippen molar-refractivity contribution in [1.82, 2.24) is 15.1 Å². The molecule has 0 bridgehead atoms. The van der Waals surface area contributed by atoms with Crippen molar-refractivity contribution < 1.29 is 9.21 Å². The van der Waals surface area contributed by atoms with Gasteiger partial charge in [0.2, 0.25) is 0 Å². The predicted molar refractivity (Wildman–Crippen MR) is 108 cm³/mol. The number of amides is 1. The summed E-state index contributed by atoms with van der Waals surface area (Å²) in [5.41, 5.74) is 3.12. The van der Waals surface area contributed by atoms with E-state index in [9.17, 15) is 4.79 Å². The lowest BCUT2D eigenvalue weighted by Crippen LogP contribution is -2.30. The fourth-order valence-corrected chi connectivity index (χ4v) is 3.37. The van der Waals surface area contributed by atoms with Gasteiger partial charge in [0.05, 0.1) is 11.4 Å². The lowest BCUT2D eigenvalue weighted by molar-refractivity contribution is 0.0739. The zero-order valence-electron chi connectivity index (χ0n) is 15.8. The average molecular weight is 382 g/mol. The third kappa shape index (κ3) is 4.77. The summed E-state index contributed by atoms with van der Waals surface area (Å²) in [6.45, 7) is 7.32. The van der Waals surface area contributed by atoms with Crippen LogP contribution in [-0.4, -0.2) is 34.1 Å². The summed E-state index contributed by atoms with van der Waals surface area (Å²) >= 11 is 1.53. The molecule has 3 aromatic rings. The van der Waals surface area contributed by atoms with Crippen molar-refractivity contribution >= 4 is 17.7 Å². The van der Waals surface area contributed by atoms with Crippen molar-refractivity contribution in [3.05, 3.63) is 65.6 Å². The maximum atomic E-state index is 12.3. The topological polar surface area (TPSA) is 59.2 Å². The molecule has 0 aliphatic carbocycles. The van der Waals surface area contributed by atoms with E-state index in [0.29, 0.717) is 24.6 Å². The summed E-state index contributed by atoms with van der Waals surface area (Å²) in [6, 6.07) is 15.7. The molecule has 0 unspecified atom stereocenters. The maximum absolute atomic E-state index is 12.3. The number of aromatic nitrogens is 2. The first-order valence-corrected chi connectivity index (χ1v) is 10.0. The number of hydrogen-bond donors (Lipinski definition) is 0. The van der Waals surface area contributed by atoms with Crippen molar-refractivity contribution in [2.45, 2.75) is 31.6 Å². The molecule has 1 amide bonds. The van der Waals surface area contributed by atoms with E-state index < -0.39 is 0 Å². The number of carbonyl (C=O) groups is 1. The highest BCUT2D eigenvalue weighted by atomic mass is 32.2. The highest BCUT2D eigenvalue weighted by molar-refractivity contribution is 7.98. The second-order valence-electron chi connectivity index (χ2n) is 6.15. The standard InChI is InChI=1S/C21H23N3O2S/c1-4-24(5-2)21(25)19-12-10-17(26-19)14-27-20-13-11-18(22-23-20)16-8-6-15(3)7-9-16/h6-13H,4-5,14H2,1-3H3. The molecule has 0 aliphatic rings. The SMILES string of the molecule is CCN(CC)C(=O)c1ccc(CSc2ccc(-c3ccc(C)cc3)nn2)o1. The van der Waals surface area contributed by atoms with Gasteiger partial charge >= 0.3 is 0 Å². The van der Waals surface area contributed by atoms with Gasteiger partial charge in [-0.1, -0.05) is 41.6 Å². The van der Waals surface area contributed by atoms with Crippen LogP contribution in [0.15, 0.2) is 58.0 Å². The van der Waals surface area contributed by atoms with Gasteiger partial charge in [-0.05, 0) is 45.0 Å². The Bertz CT molecular complexity index is 885. The minimum Gasteiger partial charge on any atom is -0.455 e. The van der Waals surface area contributed by atoms with E-state index in [-0.39, 0.29) is 5.91 Å². The molecule has 0 fully saturated rings. The van der Waals surface area contributed by atoms with Crippen molar-refractivity contribution in [3.63, 3.8) is 0 Å². The highest BCUT2D eigenvalue weighted by Gasteiger charge is 2.16. The number of thioether (sulfide) groups is 1. The normalized spacial score (nSPS) is 10.8. The monoisotopic (exact) mass is 381 g/mol. The first kappa shape index (κ1) is 19.2. The molecule has 27 heavy (non-hydrogen) atoms. The smallest absolute Gasteiger partial charge is 0.289 e. The number of benzene rings is 1. The number of rotatable bonds is 7. The lowest BCUT2D eigenvalue weighted by atomic mass is 10.1. The van der Waals surface area contributed by atoms with Crippen LogP contribution in [0.2, 0.25) is 0 Å². The Hall–Kier alpha value is -2.60. The number of nitrogens with zero attached hydrogens (tertiary/aromatic N) is 3. The van der Waals surface area contributed by atoms with Gasteiger partial charge in [-0.3, -0.25) is 4.79 Å². The van der Waals surface area contributed by atoms with Crippen molar-refractivity contribution in [2.24, 2.45) is 0 Å². The quantitative estimate of drug-likeness (QED) is 0.549. The molecule has 0 aliphatic heterocycles. The van der Waals surface area contributed by atoms with Gasteiger partial charge < -0.3 is 9.32 Å². The number of hydrogen-bond acceptors (Lipinski definition) is 5. The van der Waals surface area contributed by atoms with Gasteiger partial charge in [0.25, 0.3) is 5.91 Å². The largest absolute Gasteiger partial charge is 0.455 e. The number of furan rings is 1. The average Bonchev–Trinajstić information content (AvgIpc) is 3.17. The van der Waals surface area contributed by atoms with E-state index in [1.54, 1.807) is 11.0 Å². The number of aryl methyl sites for hydroxylation is 1. The fourth-order valence-electron chi connectivity index (χ4n) is 2.66. The van der Waals surface area contributed by atoms with Crippen LogP contribution in [0, 0.1) is 6.92 Å². The van der Waals surface area contributed by atoms with Gasteiger partial charge in [0.1, 0.15) is 10.8 Å². The Balaban J connectivity index is 1.60. The Kier molecular flexibility index (Phi) is 6.29. The summed E-state index contributed by atoms with van der Waals surface area (Å²) < 4.78 is 5.70. The minimum atomic E-state index is -0.0708. The van der Waals surface area contributed by atoms with Gasteiger partial charge in [-0.2, -0.15) is 0 Å². The zero-order chi connectivity index (χ0) is 19.2. The molecule has 140 valence electrons. The van der Waals surface area contributed by atoms with Gasteiger partial charge in [0, 0.05) is 18.7 Å². The van der Waals surface area contributed by atoms with E-state index in [1.807, 2.05) is 44.2 Å². The molecule has 0 atom stereocenters. The molecule has 0 radical (unpaired) electrons. The minimum absolute atomic E-state index is 0.0708. The van der Waals surface area contributed by atoms with Crippen molar-refractivity contribution in [1.29, 1.82) is 0 Å².